The zero-order chi connectivity index (χ0) is 11.5. The van der Waals surface area contributed by atoms with Gasteiger partial charge < -0.3 is 10.2 Å². The highest BCUT2D eigenvalue weighted by Crippen LogP contribution is 2.30. The summed E-state index contributed by atoms with van der Waals surface area (Å²) >= 11 is 0. The number of rotatable bonds is 4. The van der Waals surface area contributed by atoms with Crippen molar-refractivity contribution in [1.82, 2.24) is 10.2 Å². The molecule has 1 amide bonds. The monoisotopic (exact) mass is 232 g/mol. The Morgan fingerprint density at radius 3 is 2.38 bits per heavy atom. The highest BCUT2D eigenvalue weighted by Gasteiger charge is 2.37. The largest absolute Gasteiger partial charge is 0.334 e. The van der Waals surface area contributed by atoms with Crippen molar-refractivity contribution in [3.63, 3.8) is 0 Å². The summed E-state index contributed by atoms with van der Waals surface area (Å²) in [6.45, 7) is 1.26. The van der Waals surface area contributed by atoms with Gasteiger partial charge in [-0.15, -0.1) is 0 Å². The Hall–Kier alpha value is -0.710. The van der Waals surface area contributed by atoms with Crippen molar-refractivity contribution in [3.05, 3.63) is 0 Å². The molecular formula is C11H18F2N2O. The Balaban J connectivity index is 1.92. The summed E-state index contributed by atoms with van der Waals surface area (Å²) < 4.78 is 24.8. The van der Waals surface area contributed by atoms with Crippen LogP contribution in [0, 0.1) is 5.92 Å². The summed E-state index contributed by atoms with van der Waals surface area (Å²) in [6, 6.07) is 0.0939. The maximum Gasteiger partial charge on any atom is 0.255 e. The van der Waals surface area contributed by atoms with Crippen LogP contribution in [0.15, 0.2) is 0 Å². The molecule has 92 valence electrons. The number of nitrogens with zero attached hydrogens (tertiary/aromatic N) is 1. The van der Waals surface area contributed by atoms with Gasteiger partial charge in [0.15, 0.2) is 0 Å². The van der Waals surface area contributed by atoms with E-state index in [9.17, 15) is 13.6 Å². The summed E-state index contributed by atoms with van der Waals surface area (Å²) in [5.74, 6) is -0.0927. The highest BCUT2D eigenvalue weighted by atomic mass is 19.3. The van der Waals surface area contributed by atoms with Crippen molar-refractivity contribution in [2.45, 2.75) is 38.2 Å². The molecular weight excluding hydrogens is 214 g/mol. The van der Waals surface area contributed by atoms with Gasteiger partial charge in [-0.3, -0.25) is 4.79 Å². The number of carbonyl (C=O) groups is 1. The number of halogens is 2. The van der Waals surface area contributed by atoms with Crippen molar-refractivity contribution >= 4 is 5.91 Å². The Morgan fingerprint density at radius 2 is 1.88 bits per heavy atom. The van der Waals surface area contributed by atoms with Crippen molar-refractivity contribution in [1.29, 1.82) is 0 Å². The van der Waals surface area contributed by atoms with E-state index in [1.807, 2.05) is 0 Å². The Labute approximate surface area is 94.2 Å². The summed E-state index contributed by atoms with van der Waals surface area (Å²) in [5, 5.41) is 3.18. The summed E-state index contributed by atoms with van der Waals surface area (Å²) in [5.41, 5.74) is 0. The molecule has 2 rings (SSSR count). The topological polar surface area (TPSA) is 32.3 Å². The first-order chi connectivity index (χ1) is 7.68. The van der Waals surface area contributed by atoms with Gasteiger partial charge in [0, 0.05) is 12.0 Å². The highest BCUT2D eigenvalue weighted by molar-refractivity contribution is 5.79. The number of nitrogens with one attached hydrogen (secondary N) is 1. The maximum absolute atomic E-state index is 12.4. The fraction of sp³-hybridized carbons (Fsp3) is 0.909. The molecule has 0 unspecified atom stereocenters. The summed E-state index contributed by atoms with van der Waals surface area (Å²) in [7, 11) is 0. The predicted octanol–water partition coefficient (Wildman–Crippen LogP) is 1.24. The lowest BCUT2D eigenvalue weighted by Gasteiger charge is -2.29. The van der Waals surface area contributed by atoms with Gasteiger partial charge in [0.2, 0.25) is 5.91 Å². The average molecular weight is 232 g/mol. The molecule has 0 bridgehead atoms. The lowest BCUT2D eigenvalue weighted by molar-refractivity contribution is -0.139. The van der Waals surface area contributed by atoms with Crippen LogP contribution in [-0.2, 0) is 4.79 Å². The second-order valence-corrected chi connectivity index (χ2v) is 4.64. The molecule has 1 heterocycles. The van der Waals surface area contributed by atoms with Crippen molar-refractivity contribution in [2.75, 3.05) is 19.6 Å². The molecule has 2 aliphatic rings. The zero-order valence-corrected chi connectivity index (χ0v) is 9.29. The standard InChI is InChI=1S/C11H18F2N2O/c12-10(13)7-15(9-1-2-9)11(16)8-3-5-14-6-4-8/h8-10,14H,1-7H2. The van der Waals surface area contributed by atoms with Crippen molar-refractivity contribution in [2.24, 2.45) is 5.92 Å². The molecule has 0 atom stereocenters. The molecule has 0 aromatic carbocycles. The minimum atomic E-state index is -2.41. The number of carbonyl (C=O) groups excluding carboxylic acids is 1. The molecule has 16 heavy (non-hydrogen) atoms. The van der Waals surface area contributed by atoms with Gasteiger partial charge in [0.25, 0.3) is 6.43 Å². The van der Waals surface area contributed by atoms with Crippen molar-refractivity contribution in [3.8, 4) is 0 Å². The fourth-order valence-corrected chi connectivity index (χ4v) is 2.26. The van der Waals surface area contributed by atoms with Gasteiger partial charge in [-0.25, -0.2) is 8.78 Å². The van der Waals surface area contributed by atoms with E-state index < -0.39 is 6.43 Å². The predicted molar refractivity (Wildman–Crippen MR) is 56.3 cm³/mol. The van der Waals surface area contributed by atoms with E-state index in [1.165, 1.54) is 4.90 Å². The molecule has 5 heteroatoms. The minimum absolute atomic E-state index is 0.0411. The third kappa shape index (κ3) is 2.90. The van der Waals surface area contributed by atoms with Crippen LogP contribution in [0.4, 0.5) is 8.78 Å². The van der Waals surface area contributed by atoms with Crippen LogP contribution < -0.4 is 5.32 Å². The second-order valence-electron chi connectivity index (χ2n) is 4.64. The summed E-state index contributed by atoms with van der Waals surface area (Å²) in [6.07, 6.45) is 0.940. The molecule has 1 saturated heterocycles. The smallest absolute Gasteiger partial charge is 0.255 e. The summed E-state index contributed by atoms with van der Waals surface area (Å²) in [4.78, 5) is 13.5. The Kier molecular flexibility index (Phi) is 3.74. The lowest BCUT2D eigenvalue weighted by Crippen LogP contribution is -2.44. The number of amides is 1. The molecule has 2 fully saturated rings. The number of piperidine rings is 1. The molecule has 1 aliphatic heterocycles. The first-order valence-corrected chi connectivity index (χ1v) is 5.98. The van der Waals surface area contributed by atoms with Crippen LogP contribution in [0.1, 0.15) is 25.7 Å². The van der Waals surface area contributed by atoms with Crippen LogP contribution in [0.3, 0.4) is 0 Å². The quantitative estimate of drug-likeness (QED) is 0.791. The zero-order valence-electron chi connectivity index (χ0n) is 9.29. The number of alkyl halides is 2. The van der Waals surface area contributed by atoms with Crippen LogP contribution in [0.5, 0.6) is 0 Å². The van der Waals surface area contributed by atoms with E-state index in [0.717, 1.165) is 38.8 Å². The number of hydrogen-bond donors (Lipinski definition) is 1. The number of hydrogen-bond acceptors (Lipinski definition) is 2. The Bertz CT molecular complexity index is 250. The van der Waals surface area contributed by atoms with E-state index in [-0.39, 0.29) is 24.4 Å². The van der Waals surface area contributed by atoms with E-state index in [2.05, 4.69) is 5.32 Å². The third-order valence-electron chi connectivity index (χ3n) is 3.29. The van der Waals surface area contributed by atoms with Gasteiger partial charge in [-0.2, -0.15) is 0 Å². The van der Waals surface area contributed by atoms with Crippen LogP contribution in [0.2, 0.25) is 0 Å². The first-order valence-electron chi connectivity index (χ1n) is 5.98. The SMILES string of the molecule is O=C(C1CCNCC1)N(CC(F)F)C1CC1. The van der Waals surface area contributed by atoms with Gasteiger partial charge in [-0.05, 0) is 38.8 Å². The molecule has 0 aromatic rings. The molecule has 0 spiro atoms. The van der Waals surface area contributed by atoms with E-state index >= 15 is 0 Å². The molecule has 1 aliphatic carbocycles. The van der Waals surface area contributed by atoms with Crippen LogP contribution in [0.25, 0.3) is 0 Å². The lowest BCUT2D eigenvalue weighted by atomic mass is 9.96. The van der Waals surface area contributed by atoms with E-state index in [1.54, 1.807) is 0 Å². The molecule has 1 N–H and O–H groups in total. The molecule has 3 nitrogen and oxygen atoms in total. The molecule has 0 radical (unpaired) electrons. The Morgan fingerprint density at radius 1 is 1.25 bits per heavy atom. The second kappa shape index (κ2) is 5.08. The van der Waals surface area contributed by atoms with Gasteiger partial charge in [0.05, 0.1) is 6.54 Å². The van der Waals surface area contributed by atoms with Gasteiger partial charge in [0.1, 0.15) is 0 Å². The van der Waals surface area contributed by atoms with Gasteiger partial charge in [-0.1, -0.05) is 0 Å². The van der Waals surface area contributed by atoms with Gasteiger partial charge >= 0.3 is 0 Å². The maximum atomic E-state index is 12.4. The fourth-order valence-electron chi connectivity index (χ4n) is 2.26. The normalized spacial score (nSPS) is 22.4. The average Bonchev–Trinajstić information content (AvgIpc) is 3.10. The third-order valence-corrected chi connectivity index (χ3v) is 3.29. The van der Waals surface area contributed by atoms with Crippen molar-refractivity contribution < 1.29 is 13.6 Å². The molecule has 0 aromatic heterocycles. The molecule has 1 saturated carbocycles. The van der Waals surface area contributed by atoms with E-state index in [0.29, 0.717) is 0 Å². The first kappa shape index (κ1) is 11.8. The van der Waals surface area contributed by atoms with Crippen LogP contribution in [-0.4, -0.2) is 42.9 Å². The minimum Gasteiger partial charge on any atom is -0.334 e. The van der Waals surface area contributed by atoms with Crippen LogP contribution >= 0.6 is 0 Å². The van der Waals surface area contributed by atoms with E-state index in [4.69, 9.17) is 0 Å².